The van der Waals surface area contributed by atoms with Crippen molar-refractivity contribution in [3.05, 3.63) is 65.7 Å². The average molecular weight is 535 g/mol. The average Bonchev–Trinajstić information content (AvgIpc) is 3.49. The maximum absolute atomic E-state index is 14.4. The van der Waals surface area contributed by atoms with Crippen molar-refractivity contribution in [2.45, 2.75) is 38.4 Å². The Bertz CT molecular complexity index is 1250. The van der Waals surface area contributed by atoms with Crippen molar-refractivity contribution in [1.82, 2.24) is 15.1 Å². The highest BCUT2D eigenvalue weighted by molar-refractivity contribution is 7.98. The molecule has 0 bridgehead atoms. The van der Waals surface area contributed by atoms with Crippen LogP contribution in [0.15, 0.2) is 54.6 Å². The van der Waals surface area contributed by atoms with E-state index in [4.69, 9.17) is 0 Å². The molecule has 0 saturated carbocycles. The third-order valence-corrected chi connectivity index (χ3v) is 8.83. The number of para-hydroxylation sites is 1. The Morgan fingerprint density at radius 1 is 0.974 bits per heavy atom. The zero-order valence-electron chi connectivity index (χ0n) is 22.1. The van der Waals surface area contributed by atoms with Crippen LogP contribution in [0.5, 0.6) is 0 Å². The standard InChI is InChI=1S/C29H34N4O4S/c1-4-31(5-2)23(34)18-32-22-14-10-9-13-20(22)29(28(32)37)25-24(21(30-29)15-16-38-3)26(35)33(27(25)36)17-19-11-7-6-8-12-19/h6-14,21,24-25,30H,4-5,15-18H2,1-3H3/t21-,24-,25+,29+/m1/s1. The minimum absolute atomic E-state index is 0.107. The van der Waals surface area contributed by atoms with E-state index < -0.39 is 17.4 Å². The van der Waals surface area contributed by atoms with Crippen LogP contribution in [0.2, 0.25) is 0 Å². The second-order valence-corrected chi connectivity index (χ2v) is 11.1. The second kappa shape index (κ2) is 10.5. The lowest BCUT2D eigenvalue weighted by molar-refractivity contribution is -0.143. The fraction of sp³-hybridized carbons (Fsp3) is 0.448. The van der Waals surface area contributed by atoms with Crippen LogP contribution >= 0.6 is 11.8 Å². The van der Waals surface area contributed by atoms with Crippen LogP contribution in [0.3, 0.4) is 0 Å². The monoisotopic (exact) mass is 534 g/mol. The minimum Gasteiger partial charge on any atom is -0.342 e. The van der Waals surface area contributed by atoms with Gasteiger partial charge in [0, 0.05) is 30.4 Å². The van der Waals surface area contributed by atoms with Crippen LogP contribution in [-0.2, 0) is 31.3 Å². The molecule has 2 fully saturated rings. The number of hydrogen-bond donors (Lipinski definition) is 1. The molecule has 2 aromatic rings. The van der Waals surface area contributed by atoms with Gasteiger partial charge in [0.2, 0.25) is 17.7 Å². The Balaban J connectivity index is 1.57. The van der Waals surface area contributed by atoms with E-state index in [0.717, 1.165) is 11.3 Å². The minimum atomic E-state index is -1.38. The van der Waals surface area contributed by atoms with E-state index in [2.05, 4.69) is 5.32 Å². The summed E-state index contributed by atoms with van der Waals surface area (Å²) in [5.74, 6) is -1.77. The number of likely N-dealkylation sites (N-methyl/N-ethyl adjacent to an activating group) is 1. The number of hydrogen-bond acceptors (Lipinski definition) is 6. The molecule has 4 amide bonds. The number of imide groups is 1. The molecular formula is C29H34N4O4S. The van der Waals surface area contributed by atoms with Gasteiger partial charge in [-0.25, -0.2) is 0 Å². The molecule has 2 saturated heterocycles. The highest BCUT2D eigenvalue weighted by Crippen LogP contribution is 2.55. The predicted octanol–water partition coefficient (Wildman–Crippen LogP) is 2.62. The van der Waals surface area contributed by atoms with Gasteiger partial charge in [-0.2, -0.15) is 11.8 Å². The molecule has 3 aliphatic heterocycles. The zero-order chi connectivity index (χ0) is 27.0. The number of likely N-dealkylation sites (tertiary alicyclic amines) is 1. The third-order valence-electron chi connectivity index (χ3n) is 8.18. The summed E-state index contributed by atoms with van der Waals surface area (Å²) >= 11 is 1.67. The number of carbonyl (C=O) groups is 4. The van der Waals surface area contributed by atoms with Crippen molar-refractivity contribution in [1.29, 1.82) is 0 Å². The van der Waals surface area contributed by atoms with E-state index in [9.17, 15) is 19.2 Å². The number of anilines is 1. The molecule has 0 unspecified atom stereocenters. The molecule has 200 valence electrons. The quantitative estimate of drug-likeness (QED) is 0.498. The number of benzene rings is 2. The number of amides is 4. The molecular weight excluding hydrogens is 500 g/mol. The molecule has 38 heavy (non-hydrogen) atoms. The first-order chi connectivity index (χ1) is 18.4. The number of rotatable bonds is 9. The molecule has 3 aliphatic rings. The predicted molar refractivity (Wildman–Crippen MR) is 147 cm³/mol. The Kier molecular flexibility index (Phi) is 7.33. The first-order valence-corrected chi connectivity index (χ1v) is 14.6. The first kappa shape index (κ1) is 26.4. The van der Waals surface area contributed by atoms with Crippen LogP contribution in [-0.4, -0.2) is 71.1 Å². The molecule has 0 radical (unpaired) electrons. The van der Waals surface area contributed by atoms with Gasteiger partial charge in [0.25, 0.3) is 5.91 Å². The third kappa shape index (κ3) is 4.03. The zero-order valence-corrected chi connectivity index (χ0v) is 22.9. The maximum atomic E-state index is 14.4. The molecule has 4 atom stereocenters. The fourth-order valence-corrected chi connectivity index (χ4v) is 6.88. The van der Waals surface area contributed by atoms with E-state index in [-0.39, 0.29) is 42.8 Å². The second-order valence-electron chi connectivity index (χ2n) is 10.1. The number of thioether (sulfide) groups is 1. The topological polar surface area (TPSA) is 90.0 Å². The van der Waals surface area contributed by atoms with Crippen molar-refractivity contribution >= 4 is 41.1 Å². The summed E-state index contributed by atoms with van der Waals surface area (Å²) in [5, 5.41) is 3.52. The van der Waals surface area contributed by atoms with Gasteiger partial charge < -0.3 is 9.80 Å². The summed E-state index contributed by atoms with van der Waals surface area (Å²) in [5.41, 5.74) is 0.770. The lowest BCUT2D eigenvalue weighted by Gasteiger charge is -2.31. The van der Waals surface area contributed by atoms with Crippen molar-refractivity contribution < 1.29 is 19.2 Å². The van der Waals surface area contributed by atoms with Gasteiger partial charge in [-0.3, -0.25) is 29.4 Å². The lowest BCUT2D eigenvalue weighted by Crippen LogP contribution is -2.56. The van der Waals surface area contributed by atoms with Gasteiger partial charge in [0.05, 0.1) is 18.4 Å². The van der Waals surface area contributed by atoms with Gasteiger partial charge in [-0.15, -0.1) is 0 Å². The normalized spacial score (nSPS) is 25.9. The van der Waals surface area contributed by atoms with Crippen molar-refractivity contribution in [2.24, 2.45) is 11.8 Å². The molecule has 3 heterocycles. The van der Waals surface area contributed by atoms with Gasteiger partial charge in [-0.05, 0) is 43.9 Å². The smallest absolute Gasteiger partial charge is 0.253 e. The molecule has 2 aromatic carbocycles. The van der Waals surface area contributed by atoms with Crippen LogP contribution in [0.25, 0.3) is 0 Å². The van der Waals surface area contributed by atoms with Gasteiger partial charge >= 0.3 is 0 Å². The van der Waals surface area contributed by atoms with Crippen molar-refractivity contribution in [3.8, 4) is 0 Å². The summed E-state index contributed by atoms with van der Waals surface area (Å²) in [6.07, 6.45) is 2.65. The molecule has 1 spiro atoms. The van der Waals surface area contributed by atoms with E-state index in [1.54, 1.807) is 16.7 Å². The first-order valence-electron chi connectivity index (χ1n) is 13.2. The van der Waals surface area contributed by atoms with Gasteiger partial charge in [0.1, 0.15) is 12.1 Å². The van der Waals surface area contributed by atoms with Gasteiger partial charge in [-0.1, -0.05) is 48.5 Å². The Morgan fingerprint density at radius 3 is 2.34 bits per heavy atom. The molecule has 0 aromatic heterocycles. The summed E-state index contributed by atoms with van der Waals surface area (Å²) in [6.45, 7) is 4.98. The summed E-state index contributed by atoms with van der Waals surface area (Å²) in [6, 6.07) is 16.5. The summed E-state index contributed by atoms with van der Waals surface area (Å²) in [4.78, 5) is 60.0. The van der Waals surface area contributed by atoms with Crippen LogP contribution < -0.4 is 10.2 Å². The molecule has 5 rings (SSSR count). The van der Waals surface area contributed by atoms with Crippen molar-refractivity contribution in [3.63, 3.8) is 0 Å². The van der Waals surface area contributed by atoms with E-state index in [1.165, 1.54) is 9.80 Å². The van der Waals surface area contributed by atoms with Crippen LogP contribution in [0.1, 0.15) is 31.4 Å². The Hall–Kier alpha value is -3.17. The van der Waals surface area contributed by atoms with E-state index in [0.29, 0.717) is 30.8 Å². The molecule has 1 N–H and O–H groups in total. The van der Waals surface area contributed by atoms with Crippen LogP contribution in [0.4, 0.5) is 5.69 Å². The highest BCUT2D eigenvalue weighted by atomic mass is 32.2. The van der Waals surface area contributed by atoms with Gasteiger partial charge in [0.15, 0.2) is 0 Å². The van der Waals surface area contributed by atoms with Crippen LogP contribution in [0, 0.1) is 11.8 Å². The Morgan fingerprint density at radius 2 is 1.66 bits per heavy atom. The highest BCUT2D eigenvalue weighted by Gasteiger charge is 2.71. The molecule has 9 heteroatoms. The Labute approximate surface area is 227 Å². The van der Waals surface area contributed by atoms with E-state index in [1.807, 2.05) is 74.7 Å². The maximum Gasteiger partial charge on any atom is 0.253 e. The molecule has 0 aliphatic carbocycles. The number of nitrogens with zero attached hydrogens (tertiary/aromatic N) is 3. The van der Waals surface area contributed by atoms with Crippen molar-refractivity contribution in [2.75, 3.05) is 36.5 Å². The summed E-state index contributed by atoms with van der Waals surface area (Å²) in [7, 11) is 0. The SMILES string of the molecule is CCN(CC)C(=O)CN1C(=O)[C@]2(N[C@H](CCSC)[C@H]3C(=O)N(Cc4ccccc4)C(=O)[C@H]32)c2ccccc21. The summed E-state index contributed by atoms with van der Waals surface area (Å²) < 4.78 is 0. The van der Waals surface area contributed by atoms with E-state index >= 15 is 0 Å². The number of carbonyl (C=O) groups excluding carboxylic acids is 4. The fourth-order valence-electron chi connectivity index (χ4n) is 6.39. The number of fused-ring (bicyclic) bond motifs is 4. The lowest BCUT2D eigenvalue weighted by atomic mass is 9.76. The molecule has 8 nitrogen and oxygen atoms in total. The largest absolute Gasteiger partial charge is 0.342 e. The number of nitrogens with one attached hydrogen (secondary N) is 1.